The Morgan fingerprint density at radius 1 is 1.33 bits per heavy atom. The number of carbonyl (C=O) groups excluding carboxylic acids is 1. The molecule has 0 aliphatic heterocycles. The van der Waals surface area contributed by atoms with Crippen LogP contribution in [0.25, 0.3) is 0 Å². The van der Waals surface area contributed by atoms with E-state index in [1.807, 2.05) is 0 Å². The fourth-order valence-corrected chi connectivity index (χ4v) is 1.41. The lowest BCUT2D eigenvalue weighted by Crippen LogP contribution is -2.30. The number of nitrogens with one attached hydrogen (secondary N) is 1. The number of benzene rings is 1. The summed E-state index contributed by atoms with van der Waals surface area (Å²) in [5.41, 5.74) is -1.63. The van der Waals surface area contributed by atoms with Gasteiger partial charge in [0.15, 0.2) is 17.7 Å². The number of aliphatic carboxylic acids is 1. The Hall–Kier alpha value is -2.62. The van der Waals surface area contributed by atoms with Crippen molar-refractivity contribution in [3.05, 3.63) is 39.4 Å². The second-order valence-corrected chi connectivity index (χ2v) is 3.94. The van der Waals surface area contributed by atoms with Crippen molar-refractivity contribution in [1.82, 2.24) is 5.32 Å². The van der Waals surface area contributed by atoms with E-state index in [0.29, 0.717) is 6.07 Å². The van der Waals surface area contributed by atoms with Crippen molar-refractivity contribution in [3.8, 4) is 0 Å². The van der Waals surface area contributed by atoms with E-state index in [2.05, 4.69) is 5.32 Å². The summed E-state index contributed by atoms with van der Waals surface area (Å²) in [6, 6.07) is 0.646. The number of hydrogen-bond donors (Lipinski definition) is 3. The maximum absolute atomic E-state index is 13.0. The minimum absolute atomic E-state index is 0.274. The topological polar surface area (TPSA) is 130 Å². The minimum atomic E-state index is -1.72. The SMILES string of the molecule is O=C(NCCC(O)C(=O)O)c1cc(F)c(F)cc1[N+](=O)[O-]. The number of amides is 1. The Kier molecular flexibility index (Phi) is 5.24. The van der Waals surface area contributed by atoms with Crippen molar-refractivity contribution < 1.29 is 33.5 Å². The van der Waals surface area contributed by atoms with E-state index in [9.17, 15) is 28.5 Å². The lowest BCUT2D eigenvalue weighted by Gasteiger charge is -2.08. The minimum Gasteiger partial charge on any atom is -0.479 e. The van der Waals surface area contributed by atoms with Crippen molar-refractivity contribution in [2.45, 2.75) is 12.5 Å². The zero-order valence-corrected chi connectivity index (χ0v) is 10.4. The third-order valence-electron chi connectivity index (χ3n) is 2.47. The van der Waals surface area contributed by atoms with Crippen LogP contribution < -0.4 is 5.32 Å². The van der Waals surface area contributed by atoms with Gasteiger partial charge < -0.3 is 15.5 Å². The highest BCUT2D eigenvalue weighted by Crippen LogP contribution is 2.22. The summed E-state index contributed by atoms with van der Waals surface area (Å²) < 4.78 is 26.0. The summed E-state index contributed by atoms with van der Waals surface area (Å²) in [7, 11) is 0. The van der Waals surface area contributed by atoms with E-state index in [1.54, 1.807) is 0 Å². The Morgan fingerprint density at radius 3 is 2.43 bits per heavy atom. The van der Waals surface area contributed by atoms with Crippen LogP contribution in [-0.4, -0.2) is 39.7 Å². The molecular weight excluding hydrogens is 294 g/mol. The maximum Gasteiger partial charge on any atom is 0.332 e. The summed E-state index contributed by atoms with van der Waals surface area (Å²) in [4.78, 5) is 31.6. The van der Waals surface area contributed by atoms with E-state index in [4.69, 9.17) is 10.2 Å². The lowest BCUT2D eigenvalue weighted by atomic mass is 10.1. The van der Waals surface area contributed by atoms with E-state index >= 15 is 0 Å². The van der Waals surface area contributed by atoms with Crippen LogP contribution in [0, 0.1) is 21.7 Å². The standard InChI is InChI=1S/C11H10F2N2O6/c12-6-3-5(8(15(20)21)4-7(6)13)10(17)14-2-1-9(16)11(18)19/h3-4,9,16H,1-2H2,(H,14,17)(H,18,19). The second-order valence-electron chi connectivity index (χ2n) is 3.94. The van der Waals surface area contributed by atoms with Gasteiger partial charge in [-0.1, -0.05) is 0 Å². The molecule has 0 aliphatic rings. The molecule has 0 radical (unpaired) electrons. The number of hydrogen-bond acceptors (Lipinski definition) is 5. The highest BCUT2D eigenvalue weighted by atomic mass is 19.2. The number of aliphatic hydroxyl groups excluding tert-OH is 1. The summed E-state index contributed by atoms with van der Waals surface area (Å²) in [6.07, 6.45) is -2.07. The Morgan fingerprint density at radius 2 is 1.90 bits per heavy atom. The smallest absolute Gasteiger partial charge is 0.332 e. The first-order chi connectivity index (χ1) is 9.73. The van der Waals surface area contributed by atoms with Gasteiger partial charge in [-0.25, -0.2) is 13.6 Å². The molecule has 0 heterocycles. The molecule has 1 unspecified atom stereocenters. The first-order valence-corrected chi connectivity index (χ1v) is 5.56. The van der Waals surface area contributed by atoms with Crippen LogP contribution in [0.4, 0.5) is 14.5 Å². The Labute approximate surface area is 116 Å². The lowest BCUT2D eigenvalue weighted by molar-refractivity contribution is -0.385. The quantitative estimate of drug-likeness (QED) is 0.516. The molecule has 0 fully saturated rings. The molecular formula is C11H10F2N2O6. The zero-order chi connectivity index (χ0) is 16.2. The monoisotopic (exact) mass is 304 g/mol. The average molecular weight is 304 g/mol. The molecule has 1 rings (SSSR count). The zero-order valence-electron chi connectivity index (χ0n) is 10.4. The Bertz CT molecular complexity index is 592. The molecule has 0 bridgehead atoms. The Balaban J connectivity index is 2.85. The van der Waals surface area contributed by atoms with Crippen LogP contribution in [0.15, 0.2) is 12.1 Å². The maximum atomic E-state index is 13.0. The highest BCUT2D eigenvalue weighted by molar-refractivity contribution is 5.98. The van der Waals surface area contributed by atoms with Gasteiger partial charge in [-0.2, -0.15) is 0 Å². The van der Waals surface area contributed by atoms with Gasteiger partial charge in [0, 0.05) is 13.0 Å². The molecule has 0 aromatic heterocycles. The predicted octanol–water partition coefficient (Wildman–Crippen LogP) is 0.438. The summed E-state index contributed by atoms with van der Waals surface area (Å²) in [5, 5.41) is 30.1. The predicted molar refractivity (Wildman–Crippen MR) is 63.6 cm³/mol. The summed E-state index contributed by atoms with van der Waals surface area (Å²) >= 11 is 0. The molecule has 0 spiro atoms. The molecule has 1 amide bonds. The normalized spacial score (nSPS) is 11.8. The van der Waals surface area contributed by atoms with E-state index in [1.165, 1.54) is 0 Å². The molecule has 21 heavy (non-hydrogen) atoms. The number of aliphatic hydroxyl groups is 1. The number of carboxylic acid groups (broad SMARTS) is 1. The number of carbonyl (C=O) groups is 2. The molecule has 3 N–H and O–H groups in total. The molecule has 0 saturated heterocycles. The average Bonchev–Trinajstić information content (AvgIpc) is 2.40. The van der Waals surface area contributed by atoms with Crippen molar-refractivity contribution in [2.75, 3.05) is 6.54 Å². The highest BCUT2D eigenvalue weighted by Gasteiger charge is 2.24. The van der Waals surface area contributed by atoms with Crippen LogP contribution in [0.1, 0.15) is 16.8 Å². The number of nitrogens with zero attached hydrogens (tertiary/aromatic N) is 1. The van der Waals surface area contributed by atoms with Gasteiger partial charge in [0.1, 0.15) is 5.56 Å². The van der Waals surface area contributed by atoms with Gasteiger partial charge in [-0.05, 0) is 6.07 Å². The summed E-state index contributed by atoms with van der Waals surface area (Å²) in [5.74, 6) is -5.49. The van der Waals surface area contributed by atoms with Crippen LogP contribution in [-0.2, 0) is 4.79 Å². The van der Waals surface area contributed by atoms with Crippen molar-refractivity contribution in [1.29, 1.82) is 0 Å². The van der Waals surface area contributed by atoms with Crippen LogP contribution in [0.5, 0.6) is 0 Å². The molecule has 1 atom stereocenters. The number of carboxylic acids is 1. The first kappa shape index (κ1) is 16.4. The van der Waals surface area contributed by atoms with Gasteiger partial charge in [-0.3, -0.25) is 14.9 Å². The van der Waals surface area contributed by atoms with E-state index in [0.717, 1.165) is 0 Å². The van der Waals surface area contributed by atoms with Crippen LogP contribution >= 0.6 is 0 Å². The number of nitro groups is 1. The molecule has 114 valence electrons. The van der Waals surface area contributed by atoms with Gasteiger partial charge in [0.25, 0.3) is 11.6 Å². The van der Waals surface area contributed by atoms with Gasteiger partial charge in [0.05, 0.1) is 11.0 Å². The molecule has 10 heteroatoms. The van der Waals surface area contributed by atoms with Crippen LogP contribution in [0.2, 0.25) is 0 Å². The van der Waals surface area contributed by atoms with Gasteiger partial charge >= 0.3 is 5.97 Å². The van der Waals surface area contributed by atoms with Crippen molar-refractivity contribution in [2.24, 2.45) is 0 Å². The van der Waals surface area contributed by atoms with E-state index < -0.39 is 45.8 Å². The van der Waals surface area contributed by atoms with Crippen molar-refractivity contribution in [3.63, 3.8) is 0 Å². The number of rotatable bonds is 6. The van der Waals surface area contributed by atoms with Crippen LogP contribution in [0.3, 0.4) is 0 Å². The molecule has 0 aliphatic carbocycles. The summed E-state index contributed by atoms with van der Waals surface area (Å²) in [6.45, 7) is -0.317. The second kappa shape index (κ2) is 6.70. The fourth-order valence-electron chi connectivity index (χ4n) is 1.41. The molecule has 1 aromatic carbocycles. The first-order valence-electron chi connectivity index (χ1n) is 5.56. The third kappa shape index (κ3) is 4.18. The van der Waals surface area contributed by atoms with Gasteiger partial charge in [-0.15, -0.1) is 0 Å². The van der Waals surface area contributed by atoms with Gasteiger partial charge in [0.2, 0.25) is 0 Å². The number of halogens is 2. The fraction of sp³-hybridized carbons (Fsp3) is 0.273. The molecule has 8 nitrogen and oxygen atoms in total. The number of nitro benzene ring substituents is 1. The third-order valence-corrected chi connectivity index (χ3v) is 2.47. The van der Waals surface area contributed by atoms with Crippen molar-refractivity contribution >= 4 is 17.6 Å². The van der Waals surface area contributed by atoms with E-state index in [-0.39, 0.29) is 19.0 Å². The largest absolute Gasteiger partial charge is 0.479 e. The molecule has 1 aromatic rings. The molecule has 0 saturated carbocycles.